The van der Waals surface area contributed by atoms with Crippen LogP contribution in [0.1, 0.15) is 23.6 Å². The Bertz CT molecular complexity index is 2760. The summed E-state index contributed by atoms with van der Waals surface area (Å²) in [6.45, 7) is 2.37. The van der Waals surface area contributed by atoms with Crippen molar-refractivity contribution in [3.8, 4) is 56.2 Å². The average molecular weight is 669 g/mol. The van der Waals surface area contributed by atoms with Gasteiger partial charge in [0, 0.05) is 42.3 Å². The molecule has 0 spiro atoms. The lowest BCUT2D eigenvalue weighted by Crippen LogP contribution is -2.23. The molecule has 7 aromatic carbocycles. The molecule has 2 aromatic heterocycles. The second-order valence-electron chi connectivity index (χ2n) is 13.5. The maximum absolute atomic E-state index is 5.34. The highest BCUT2D eigenvalue weighted by atomic mass is 32.1. The Morgan fingerprint density at radius 2 is 1.06 bits per heavy atom. The van der Waals surface area contributed by atoms with Crippen LogP contribution < -0.4 is 0 Å². The molecule has 3 heteroatoms. The van der Waals surface area contributed by atoms with Crippen LogP contribution in [0.3, 0.4) is 0 Å². The normalized spacial score (nSPS) is 14.8. The minimum absolute atomic E-state index is 0.356. The van der Waals surface area contributed by atoms with Crippen molar-refractivity contribution in [2.24, 2.45) is 0 Å². The molecule has 51 heavy (non-hydrogen) atoms. The molecule has 240 valence electrons. The number of benzene rings is 7. The van der Waals surface area contributed by atoms with Crippen LogP contribution in [-0.4, -0.2) is 9.97 Å². The summed E-state index contributed by atoms with van der Waals surface area (Å²) in [6, 6.07) is 63.2. The molecule has 1 atom stereocenters. The first kappa shape index (κ1) is 29.7. The largest absolute Gasteiger partial charge is 0.228 e. The average Bonchev–Trinajstić information content (AvgIpc) is 3.72. The molecule has 0 saturated carbocycles. The summed E-state index contributed by atoms with van der Waals surface area (Å²) in [7, 11) is 0. The van der Waals surface area contributed by atoms with Gasteiger partial charge in [0.1, 0.15) is 0 Å². The number of hydrogen-bond donors (Lipinski definition) is 0. The number of nitrogens with zero attached hydrogens (tertiary/aromatic N) is 2. The van der Waals surface area contributed by atoms with E-state index < -0.39 is 0 Å². The van der Waals surface area contributed by atoms with E-state index in [9.17, 15) is 0 Å². The zero-order valence-corrected chi connectivity index (χ0v) is 28.9. The van der Waals surface area contributed by atoms with E-state index in [0.717, 1.165) is 33.9 Å². The number of rotatable bonds is 5. The lowest BCUT2D eigenvalue weighted by Gasteiger charge is -2.30. The van der Waals surface area contributed by atoms with Gasteiger partial charge in [-0.3, -0.25) is 0 Å². The van der Waals surface area contributed by atoms with Gasteiger partial charge in [0.05, 0.1) is 11.4 Å². The standard InChI is InChI=1S/C48H32N2S/c1-48(34-19-6-3-7-20-34)41-27-10-8-21-36(41)38-24-14-26-40(45(38)48)43-30-42(49-47(50-43)31-15-4-2-5-16-31)33-18-12-17-32(29-33)35-23-13-25-39-37-22-9-11-28-44(37)51-46(35)39/h2-30H,1H3. The van der Waals surface area contributed by atoms with Gasteiger partial charge >= 0.3 is 0 Å². The van der Waals surface area contributed by atoms with Crippen LogP contribution in [0.15, 0.2) is 176 Å². The molecule has 10 rings (SSSR count). The third-order valence-electron chi connectivity index (χ3n) is 10.6. The molecule has 0 N–H and O–H groups in total. The maximum Gasteiger partial charge on any atom is 0.160 e. The second kappa shape index (κ2) is 11.7. The van der Waals surface area contributed by atoms with Crippen LogP contribution in [0.2, 0.25) is 0 Å². The van der Waals surface area contributed by atoms with Gasteiger partial charge in [0.25, 0.3) is 0 Å². The number of aromatic nitrogens is 2. The van der Waals surface area contributed by atoms with Gasteiger partial charge in [-0.2, -0.15) is 0 Å². The van der Waals surface area contributed by atoms with Gasteiger partial charge in [0.2, 0.25) is 0 Å². The summed E-state index contributed by atoms with van der Waals surface area (Å²) in [5.41, 5.74) is 13.5. The summed E-state index contributed by atoms with van der Waals surface area (Å²) in [4.78, 5) is 10.6. The van der Waals surface area contributed by atoms with Gasteiger partial charge in [-0.25, -0.2) is 9.97 Å². The molecular formula is C48H32N2S. The van der Waals surface area contributed by atoms with E-state index in [1.807, 2.05) is 17.4 Å². The molecule has 0 amide bonds. The summed E-state index contributed by atoms with van der Waals surface area (Å²) in [6.07, 6.45) is 0. The maximum atomic E-state index is 5.34. The van der Waals surface area contributed by atoms with Crippen LogP contribution in [0.5, 0.6) is 0 Å². The quantitative estimate of drug-likeness (QED) is 0.182. The first-order chi connectivity index (χ1) is 25.2. The topological polar surface area (TPSA) is 25.8 Å². The second-order valence-corrected chi connectivity index (χ2v) is 14.5. The van der Waals surface area contributed by atoms with Crippen LogP contribution in [-0.2, 0) is 5.41 Å². The predicted octanol–water partition coefficient (Wildman–Crippen LogP) is 12.8. The van der Waals surface area contributed by atoms with Crippen LogP contribution in [0.25, 0.3) is 76.3 Å². The first-order valence-corrected chi connectivity index (χ1v) is 18.2. The summed E-state index contributed by atoms with van der Waals surface area (Å²) >= 11 is 1.86. The van der Waals surface area contributed by atoms with E-state index in [0.29, 0.717) is 0 Å². The highest BCUT2D eigenvalue weighted by Gasteiger charge is 2.42. The summed E-state index contributed by atoms with van der Waals surface area (Å²) in [5.74, 6) is 0.717. The molecule has 0 fully saturated rings. The third-order valence-corrected chi connectivity index (χ3v) is 11.8. The Balaban J connectivity index is 1.19. The Morgan fingerprint density at radius 3 is 1.94 bits per heavy atom. The van der Waals surface area contributed by atoms with Crippen molar-refractivity contribution < 1.29 is 0 Å². The number of hydrogen-bond acceptors (Lipinski definition) is 3. The highest BCUT2D eigenvalue weighted by Crippen LogP contribution is 2.55. The molecule has 0 bridgehead atoms. The van der Waals surface area contributed by atoms with Gasteiger partial charge in [-0.15, -0.1) is 11.3 Å². The van der Waals surface area contributed by atoms with E-state index >= 15 is 0 Å². The molecule has 9 aromatic rings. The Morgan fingerprint density at radius 1 is 0.451 bits per heavy atom. The number of fused-ring (bicyclic) bond motifs is 6. The molecule has 2 nitrogen and oxygen atoms in total. The minimum atomic E-state index is -0.356. The zero-order chi connectivity index (χ0) is 33.9. The van der Waals surface area contributed by atoms with Crippen LogP contribution in [0.4, 0.5) is 0 Å². The van der Waals surface area contributed by atoms with Crippen molar-refractivity contribution in [2.75, 3.05) is 0 Å². The van der Waals surface area contributed by atoms with E-state index in [-0.39, 0.29) is 5.41 Å². The summed E-state index contributed by atoms with van der Waals surface area (Å²) < 4.78 is 2.62. The molecule has 1 aliphatic rings. The van der Waals surface area contributed by atoms with Crippen LogP contribution in [0, 0.1) is 0 Å². The zero-order valence-electron chi connectivity index (χ0n) is 28.0. The van der Waals surface area contributed by atoms with Gasteiger partial charge in [-0.05, 0) is 64.1 Å². The fraction of sp³-hybridized carbons (Fsp3) is 0.0417. The molecule has 2 heterocycles. The molecule has 1 aliphatic carbocycles. The van der Waals surface area contributed by atoms with Crippen molar-refractivity contribution in [3.63, 3.8) is 0 Å². The molecule has 1 unspecified atom stereocenters. The molecule has 0 radical (unpaired) electrons. The highest BCUT2D eigenvalue weighted by molar-refractivity contribution is 7.26. The lowest BCUT2D eigenvalue weighted by molar-refractivity contribution is 0.715. The van der Waals surface area contributed by atoms with Crippen molar-refractivity contribution in [3.05, 3.63) is 193 Å². The fourth-order valence-corrected chi connectivity index (χ4v) is 9.40. The third kappa shape index (κ3) is 4.70. The first-order valence-electron chi connectivity index (χ1n) is 17.4. The SMILES string of the molecule is CC1(c2ccccc2)c2ccccc2-c2cccc(-c3cc(-c4cccc(-c5cccc6c5sc5ccccc56)c4)nc(-c4ccccc4)n3)c21. The Kier molecular flexibility index (Phi) is 6.83. The fourth-order valence-electron chi connectivity index (χ4n) is 8.16. The molecule has 0 saturated heterocycles. The van der Waals surface area contributed by atoms with E-state index in [1.54, 1.807) is 0 Å². The van der Waals surface area contributed by atoms with E-state index in [1.165, 1.54) is 59.1 Å². The van der Waals surface area contributed by atoms with Crippen molar-refractivity contribution >= 4 is 31.5 Å². The summed E-state index contributed by atoms with van der Waals surface area (Å²) in [5, 5.41) is 2.61. The monoisotopic (exact) mass is 668 g/mol. The van der Waals surface area contributed by atoms with E-state index in [4.69, 9.17) is 9.97 Å². The van der Waals surface area contributed by atoms with Gasteiger partial charge in [0.15, 0.2) is 5.82 Å². The van der Waals surface area contributed by atoms with E-state index in [2.05, 4.69) is 177 Å². The Labute approximate surface area is 301 Å². The van der Waals surface area contributed by atoms with Gasteiger partial charge in [-0.1, -0.05) is 158 Å². The predicted molar refractivity (Wildman–Crippen MR) is 214 cm³/mol. The van der Waals surface area contributed by atoms with Crippen molar-refractivity contribution in [1.82, 2.24) is 9.97 Å². The Hall–Kier alpha value is -6.16. The molecule has 0 aliphatic heterocycles. The van der Waals surface area contributed by atoms with Crippen molar-refractivity contribution in [1.29, 1.82) is 0 Å². The molecular weight excluding hydrogens is 637 g/mol. The van der Waals surface area contributed by atoms with Crippen LogP contribution >= 0.6 is 11.3 Å². The smallest absolute Gasteiger partial charge is 0.160 e. The van der Waals surface area contributed by atoms with Gasteiger partial charge < -0.3 is 0 Å². The lowest BCUT2D eigenvalue weighted by atomic mass is 9.72. The number of thiophene rings is 1. The minimum Gasteiger partial charge on any atom is -0.228 e. The van der Waals surface area contributed by atoms with Crippen molar-refractivity contribution in [2.45, 2.75) is 12.3 Å².